The van der Waals surface area contributed by atoms with Crippen LogP contribution in [0.25, 0.3) is 43.6 Å². The molecule has 0 aliphatic heterocycles. The van der Waals surface area contributed by atoms with Gasteiger partial charge in [0, 0.05) is 50.2 Å². The summed E-state index contributed by atoms with van der Waals surface area (Å²) in [6.07, 6.45) is -4.31. The van der Waals surface area contributed by atoms with E-state index < -0.39 is 11.7 Å². The zero-order valence-electron chi connectivity index (χ0n) is 21.8. The van der Waals surface area contributed by atoms with E-state index in [1.165, 1.54) is 33.4 Å². The molecule has 6 aromatic rings. The number of halogens is 3. The Hall–Kier alpha value is -3.73. The van der Waals surface area contributed by atoms with Crippen molar-refractivity contribution in [3.63, 3.8) is 0 Å². The number of fused-ring (bicyclic) bond motifs is 6. The third-order valence-electron chi connectivity index (χ3n) is 7.00. The van der Waals surface area contributed by atoms with Crippen LogP contribution in [0.5, 0.6) is 0 Å². The van der Waals surface area contributed by atoms with Crippen molar-refractivity contribution in [2.75, 3.05) is 0 Å². The fraction of sp³-hybridized carbons (Fsp3) is 0.250. The number of aryl methyl sites for hydroxylation is 1. The van der Waals surface area contributed by atoms with E-state index in [-0.39, 0.29) is 6.04 Å². The molecule has 0 aliphatic carbocycles. The molecule has 4 aromatic carbocycles. The summed E-state index contributed by atoms with van der Waals surface area (Å²) in [5, 5.41) is 4.58. The Kier molecular flexibility index (Phi) is 6.26. The predicted octanol–water partition coefficient (Wildman–Crippen LogP) is 10.1. The minimum absolute atomic E-state index is 0.0980. The number of hydrogen-bond donors (Lipinski definition) is 0. The second-order valence-electron chi connectivity index (χ2n) is 10.2. The van der Waals surface area contributed by atoms with E-state index >= 15 is 0 Å². The van der Waals surface area contributed by atoms with Gasteiger partial charge >= 0.3 is 6.18 Å². The highest BCUT2D eigenvalue weighted by Crippen LogP contribution is 2.37. The Labute approximate surface area is 214 Å². The van der Waals surface area contributed by atoms with Crippen molar-refractivity contribution in [3.8, 4) is 0 Å². The highest BCUT2D eigenvalue weighted by molar-refractivity contribution is 6.09. The van der Waals surface area contributed by atoms with E-state index in [1.54, 1.807) is 6.07 Å². The lowest BCUT2D eigenvalue weighted by molar-refractivity contribution is -0.137. The van der Waals surface area contributed by atoms with Crippen molar-refractivity contribution < 1.29 is 13.2 Å². The number of benzene rings is 4. The minimum Gasteiger partial charge on any atom is -0.338 e. The van der Waals surface area contributed by atoms with Gasteiger partial charge in [-0.15, -0.1) is 0 Å². The molecular formula is C32H31F3N2. The maximum absolute atomic E-state index is 12.9. The molecule has 0 bridgehead atoms. The summed E-state index contributed by atoms with van der Waals surface area (Å²) in [4.78, 5) is 0. The summed E-state index contributed by atoms with van der Waals surface area (Å²) in [6.45, 7) is 10.6. The minimum atomic E-state index is -4.31. The van der Waals surface area contributed by atoms with Gasteiger partial charge in [-0.05, 0) is 64.4 Å². The topological polar surface area (TPSA) is 9.86 Å². The van der Waals surface area contributed by atoms with Gasteiger partial charge in [0.2, 0.25) is 0 Å². The first-order valence-corrected chi connectivity index (χ1v) is 12.7. The molecule has 0 saturated carbocycles. The highest BCUT2D eigenvalue weighted by Gasteiger charge is 2.31. The van der Waals surface area contributed by atoms with Crippen LogP contribution in [-0.4, -0.2) is 9.13 Å². The molecule has 2 heterocycles. The zero-order chi connectivity index (χ0) is 26.5. The Morgan fingerprint density at radius 3 is 1.68 bits per heavy atom. The third-order valence-corrected chi connectivity index (χ3v) is 7.00. The molecule has 0 spiro atoms. The van der Waals surface area contributed by atoms with E-state index in [0.717, 1.165) is 22.4 Å². The van der Waals surface area contributed by atoms with E-state index in [1.807, 2.05) is 42.7 Å². The van der Waals surface area contributed by atoms with Crippen molar-refractivity contribution >= 4 is 43.6 Å². The Balaban J connectivity index is 0.000000153. The molecule has 0 radical (unpaired) electrons. The van der Waals surface area contributed by atoms with Crippen molar-refractivity contribution in [1.29, 1.82) is 0 Å². The average molecular weight is 501 g/mol. The van der Waals surface area contributed by atoms with E-state index in [2.05, 4.69) is 67.8 Å². The fourth-order valence-corrected chi connectivity index (χ4v) is 5.50. The summed E-state index contributed by atoms with van der Waals surface area (Å²) in [6, 6.07) is 27.5. The summed E-state index contributed by atoms with van der Waals surface area (Å²) in [5.41, 5.74) is 5.07. The molecule has 0 saturated heterocycles. The Bertz CT molecular complexity index is 1730. The molecule has 190 valence electrons. The van der Waals surface area contributed by atoms with Crippen molar-refractivity contribution in [1.82, 2.24) is 9.13 Å². The van der Waals surface area contributed by atoms with Crippen molar-refractivity contribution in [2.45, 2.75) is 52.9 Å². The summed E-state index contributed by atoms with van der Waals surface area (Å²) < 4.78 is 43.1. The SMILES string of the molecule is CC(C)n1c2ccccc2c2ccc(C(F)(F)F)cc21.Cc1cccc2c3ccccc3n(C(C)C)c12. The molecule has 0 amide bonds. The molecule has 0 unspecified atom stereocenters. The van der Waals surface area contributed by atoms with E-state index in [9.17, 15) is 13.2 Å². The first-order chi connectivity index (χ1) is 17.6. The lowest BCUT2D eigenvalue weighted by atomic mass is 10.1. The van der Waals surface area contributed by atoms with Crippen molar-refractivity contribution in [2.24, 2.45) is 0 Å². The van der Waals surface area contributed by atoms with Gasteiger partial charge in [0.15, 0.2) is 0 Å². The standard InChI is InChI=1S/C16H14F3N.C16H17N/c1-10(2)20-14-6-4-3-5-12(14)13-8-7-11(9-15(13)20)16(17,18)19;1-11(2)17-15-10-5-4-8-13(15)14-9-6-7-12(3)16(14)17/h3-10H,1-2H3;4-11H,1-3H3. The first kappa shape index (κ1) is 24.9. The van der Waals surface area contributed by atoms with Crippen LogP contribution in [0.1, 0.15) is 50.9 Å². The van der Waals surface area contributed by atoms with Gasteiger partial charge in [0.25, 0.3) is 0 Å². The number of para-hydroxylation sites is 3. The quantitative estimate of drug-likeness (QED) is 0.224. The average Bonchev–Trinajstić information content (AvgIpc) is 3.38. The van der Waals surface area contributed by atoms with Gasteiger partial charge in [-0.25, -0.2) is 0 Å². The van der Waals surface area contributed by atoms with E-state index in [4.69, 9.17) is 0 Å². The van der Waals surface area contributed by atoms with Gasteiger partial charge in [0.1, 0.15) is 0 Å². The molecule has 6 rings (SSSR count). The molecule has 0 aliphatic rings. The predicted molar refractivity (Wildman–Crippen MR) is 149 cm³/mol. The molecule has 2 aromatic heterocycles. The second kappa shape index (κ2) is 9.29. The number of rotatable bonds is 2. The monoisotopic (exact) mass is 500 g/mol. The number of aromatic nitrogens is 2. The third kappa shape index (κ3) is 4.26. The molecule has 0 N–H and O–H groups in total. The zero-order valence-corrected chi connectivity index (χ0v) is 21.8. The van der Waals surface area contributed by atoms with Crippen LogP contribution in [0.3, 0.4) is 0 Å². The highest BCUT2D eigenvalue weighted by atomic mass is 19.4. The number of nitrogens with zero attached hydrogens (tertiary/aromatic N) is 2. The summed E-state index contributed by atoms with van der Waals surface area (Å²) in [7, 11) is 0. The molecule has 0 atom stereocenters. The number of alkyl halides is 3. The molecular weight excluding hydrogens is 469 g/mol. The fourth-order valence-electron chi connectivity index (χ4n) is 5.50. The molecule has 2 nitrogen and oxygen atoms in total. The van der Waals surface area contributed by atoms with E-state index in [0.29, 0.717) is 11.6 Å². The summed E-state index contributed by atoms with van der Waals surface area (Å²) >= 11 is 0. The first-order valence-electron chi connectivity index (χ1n) is 12.7. The van der Waals surface area contributed by atoms with Gasteiger partial charge in [-0.1, -0.05) is 60.7 Å². The Morgan fingerprint density at radius 2 is 1.08 bits per heavy atom. The van der Waals surface area contributed by atoms with Crippen LogP contribution in [0.4, 0.5) is 13.2 Å². The van der Waals surface area contributed by atoms with Crippen LogP contribution in [0, 0.1) is 6.92 Å². The van der Waals surface area contributed by atoms with Gasteiger partial charge in [-0.2, -0.15) is 13.2 Å². The maximum atomic E-state index is 12.9. The molecule has 0 fully saturated rings. The largest absolute Gasteiger partial charge is 0.416 e. The van der Waals surface area contributed by atoms with Crippen LogP contribution < -0.4 is 0 Å². The number of hydrogen-bond acceptors (Lipinski definition) is 0. The smallest absolute Gasteiger partial charge is 0.338 e. The van der Waals surface area contributed by atoms with Crippen LogP contribution in [0.15, 0.2) is 84.9 Å². The molecule has 37 heavy (non-hydrogen) atoms. The van der Waals surface area contributed by atoms with Crippen LogP contribution in [-0.2, 0) is 6.18 Å². The lowest BCUT2D eigenvalue weighted by Crippen LogP contribution is -2.06. The Morgan fingerprint density at radius 1 is 0.568 bits per heavy atom. The van der Waals surface area contributed by atoms with Crippen LogP contribution >= 0.6 is 0 Å². The van der Waals surface area contributed by atoms with Crippen LogP contribution in [0.2, 0.25) is 0 Å². The van der Waals surface area contributed by atoms with Crippen molar-refractivity contribution in [3.05, 3.63) is 96.1 Å². The normalized spacial score (nSPS) is 12.3. The van der Waals surface area contributed by atoms with Gasteiger partial charge < -0.3 is 9.13 Å². The van der Waals surface area contributed by atoms with Gasteiger partial charge in [-0.3, -0.25) is 0 Å². The van der Waals surface area contributed by atoms with Gasteiger partial charge in [0.05, 0.1) is 11.1 Å². The maximum Gasteiger partial charge on any atom is 0.416 e. The molecule has 5 heteroatoms. The second-order valence-corrected chi connectivity index (χ2v) is 10.2. The summed E-state index contributed by atoms with van der Waals surface area (Å²) in [5.74, 6) is 0. The lowest BCUT2D eigenvalue weighted by Gasteiger charge is -2.13.